The Morgan fingerprint density at radius 2 is 1.77 bits per heavy atom. The number of carbonyl (C=O) groups excluding carboxylic acids is 2. The van der Waals surface area contributed by atoms with Crippen LogP contribution in [0.15, 0.2) is 58.5 Å². The highest BCUT2D eigenvalue weighted by atomic mass is 35.5. The number of furan rings is 1. The van der Waals surface area contributed by atoms with Gasteiger partial charge in [0.15, 0.2) is 0 Å². The van der Waals surface area contributed by atoms with Crippen molar-refractivity contribution in [2.75, 3.05) is 4.90 Å². The van der Waals surface area contributed by atoms with Crippen molar-refractivity contribution in [1.82, 2.24) is 0 Å². The molecule has 0 radical (unpaired) electrons. The standard InChI is InChI=1S/C24H19ClFNO4/c1-12-4-7-16(11-17(12)25)27-21(19-9-5-14(3)31-19)20(23(29)24(27)30)22(28)15-6-8-18(26)13(2)10-15/h4-11,21,28H,1-3H3/b22-20-. The van der Waals surface area contributed by atoms with Gasteiger partial charge >= 0.3 is 0 Å². The SMILES string of the molecule is Cc1ccc(C2/C(=C(/O)c3ccc(F)c(C)c3)C(=O)C(=O)N2c2ccc(C)c(Cl)c2)o1. The Hall–Kier alpha value is -3.38. The van der Waals surface area contributed by atoms with E-state index >= 15 is 0 Å². The van der Waals surface area contributed by atoms with Gasteiger partial charge in [0, 0.05) is 16.3 Å². The Balaban J connectivity index is 1.95. The van der Waals surface area contributed by atoms with Gasteiger partial charge in [-0.2, -0.15) is 0 Å². The predicted octanol–water partition coefficient (Wildman–Crippen LogP) is 5.62. The smallest absolute Gasteiger partial charge is 0.300 e. The number of nitrogens with zero attached hydrogens (tertiary/aromatic N) is 1. The molecule has 2 heterocycles. The second-order valence-corrected chi connectivity index (χ2v) is 7.92. The number of Topliss-reactive ketones (excluding diaryl/α,β-unsaturated/α-hetero) is 1. The van der Waals surface area contributed by atoms with Gasteiger partial charge < -0.3 is 9.52 Å². The van der Waals surface area contributed by atoms with Crippen LogP contribution in [-0.4, -0.2) is 16.8 Å². The number of halogens is 2. The second-order valence-electron chi connectivity index (χ2n) is 7.51. The summed E-state index contributed by atoms with van der Waals surface area (Å²) in [5, 5.41) is 11.4. The van der Waals surface area contributed by atoms with Crippen molar-refractivity contribution in [1.29, 1.82) is 0 Å². The molecule has 1 amide bonds. The zero-order valence-corrected chi connectivity index (χ0v) is 17.8. The van der Waals surface area contributed by atoms with E-state index in [-0.39, 0.29) is 11.1 Å². The monoisotopic (exact) mass is 439 g/mol. The summed E-state index contributed by atoms with van der Waals surface area (Å²) in [6.45, 7) is 5.11. The molecule has 0 saturated carbocycles. The van der Waals surface area contributed by atoms with E-state index in [2.05, 4.69) is 0 Å². The summed E-state index contributed by atoms with van der Waals surface area (Å²) >= 11 is 6.26. The van der Waals surface area contributed by atoms with Crippen LogP contribution in [0.1, 0.15) is 34.3 Å². The fourth-order valence-electron chi connectivity index (χ4n) is 3.65. The molecule has 1 aliphatic heterocycles. The summed E-state index contributed by atoms with van der Waals surface area (Å²) in [5.41, 5.74) is 1.60. The maximum absolute atomic E-state index is 13.7. The highest BCUT2D eigenvalue weighted by molar-refractivity contribution is 6.51. The average Bonchev–Trinajstić information content (AvgIpc) is 3.27. The number of benzene rings is 2. The molecular weight excluding hydrogens is 421 g/mol. The Labute approximate surface area is 183 Å². The molecule has 1 aromatic heterocycles. The molecule has 1 unspecified atom stereocenters. The number of anilines is 1. The van der Waals surface area contributed by atoms with Crippen molar-refractivity contribution in [2.45, 2.75) is 26.8 Å². The normalized spacial score (nSPS) is 18.1. The molecule has 1 atom stereocenters. The van der Waals surface area contributed by atoms with Crippen molar-refractivity contribution >= 4 is 34.7 Å². The topological polar surface area (TPSA) is 70.8 Å². The lowest BCUT2D eigenvalue weighted by Gasteiger charge is -2.24. The van der Waals surface area contributed by atoms with Gasteiger partial charge in [-0.3, -0.25) is 14.5 Å². The van der Waals surface area contributed by atoms with Gasteiger partial charge in [-0.1, -0.05) is 17.7 Å². The number of rotatable bonds is 3. The molecule has 1 aliphatic rings. The first kappa shape index (κ1) is 20.9. The molecule has 5 nitrogen and oxygen atoms in total. The third-order valence-electron chi connectivity index (χ3n) is 5.34. The summed E-state index contributed by atoms with van der Waals surface area (Å²) in [6, 6.07) is 11.3. The van der Waals surface area contributed by atoms with Crippen LogP contribution in [0.4, 0.5) is 10.1 Å². The Kier molecular flexibility index (Phi) is 5.19. The minimum atomic E-state index is -1.00. The minimum Gasteiger partial charge on any atom is -0.507 e. The van der Waals surface area contributed by atoms with E-state index in [1.807, 2.05) is 6.92 Å². The fourth-order valence-corrected chi connectivity index (χ4v) is 3.82. The third-order valence-corrected chi connectivity index (χ3v) is 5.75. The van der Waals surface area contributed by atoms with E-state index in [9.17, 15) is 19.1 Å². The molecule has 2 aromatic carbocycles. The van der Waals surface area contributed by atoms with Gasteiger partial charge in [0.1, 0.15) is 29.1 Å². The van der Waals surface area contributed by atoms with Crippen LogP contribution in [0.2, 0.25) is 5.02 Å². The van der Waals surface area contributed by atoms with E-state index in [0.717, 1.165) is 5.56 Å². The molecule has 1 saturated heterocycles. The number of hydrogen-bond acceptors (Lipinski definition) is 4. The van der Waals surface area contributed by atoms with Crippen molar-refractivity contribution in [3.8, 4) is 0 Å². The molecule has 1 N–H and O–H groups in total. The fraction of sp³-hybridized carbons (Fsp3) is 0.167. The predicted molar refractivity (Wildman–Crippen MR) is 116 cm³/mol. The number of amides is 1. The molecule has 0 bridgehead atoms. The number of hydrogen-bond donors (Lipinski definition) is 1. The van der Waals surface area contributed by atoms with Crippen molar-refractivity contribution in [3.05, 3.63) is 93.2 Å². The maximum Gasteiger partial charge on any atom is 0.300 e. The van der Waals surface area contributed by atoms with E-state index in [4.69, 9.17) is 16.0 Å². The van der Waals surface area contributed by atoms with Crippen molar-refractivity contribution < 1.29 is 23.5 Å². The van der Waals surface area contributed by atoms with E-state index in [1.165, 1.54) is 23.1 Å². The molecule has 7 heteroatoms. The first-order valence-corrected chi connectivity index (χ1v) is 9.97. The molecule has 0 aliphatic carbocycles. The largest absolute Gasteiger partial charge is 0.507 e. The lowest BCUT2D eigenvalue weighted by Crippen LogP contribution is -2.29. The quantitative estimate of drug-likeness (QED) is 0.326. The van der Waals surface area contributed by atoms with Crippen LogP contribution >= 0.6 is 11.6 Å². The number of aliphatic hydroxyl groups excluding tert-OH is 1. The van der Waals surface area contributed by atoms with Crippen LogP contribution in [0, 0.1) is 26.6 Å². The number of aliphatic hydroxyl groups is 1. The summed E-state index contributed by atoms with van der Waals surface area (Å²) < 4.78 is 19.5. The van der Waals surface area contributed by atoms with Crippen LogP contribution < -0.4 is 4.90 Å². The first-order valence-electron chi connectivity index (χ1n) is 9.59. The molecule has 31 heavy (non-hydrogen) atoms. The minimum absolute atomic E-state index is 0.137. The third kappa shape index (κ3) is 3.53. The van der Waals surface area contributed by atoms with Crippen LogP contribution in [0.25, 0.3) is 5.76 Å². The van der Waals surface area contributed by atoms with Gasteiger partial charge in [0.2, 0.25) is 0 Å². The lowest BCUT2D eigenvalue weighted by molar-refractivity contribution is -0.132. The molecule has 4 rings (SSSR count). The number of carbonyl (C=O) groups is 2. The Morgan fingerprint density at radius 3 is 2.39 bits per heavy atom. The highest BCUT2D eigenvalue weighted by Gasteiger charge is 2.48. The maximum atomic E-state index is 13.7. The van der Waals surface area contributed by atoms with Crippen molar-refractivity contribution in [3.63, 3.8) is 0 Å². The zero-order chi connectivity index (χ0) is 22.4. The van der Waals surface area contributed by atoms with Gasteiger partial charge in [0.25, 0.3) is 11.7 Å². The van der Waals surface area contributed by atoms with Crippen LogP contribution in [-0.2, 0) is 9.59 Å². The molecule has 1 fully saturated rings. The van der Waals surface area contributed by atoms with Gasteiger partial charge in [0.05, 0.1) is 5.57 Å². The van der Waals surface area contributed by atoms with Gasteiger partial charge in [-0.15, -0.1) is 0 Å². The number of aryl methyl sites for hydroxylation is 3. The first-order chi connectivity index (χ1) is 14.7. The summed E-state index contributed by atoms with van der Waals surface area (Å²) in [6.07, 6.45) is 0. The van der Waals surface area contributed by atoms with Crippen molar-refractivity contribution in [2.24, 2.45) is 0 Å². The average molecular weight is 440 g/mol. The summed E-state index contributed by atoms with van der Waals surface area (Å²) in [7, 11) is 0. The van der Waals surface area contributed by atoms with Crippen LogP contribution in [0.3, 0.4) is 0 Å². The summed E-state index contributed by atoms with van der Waals surface area (Å²) in [5.74, 6) is -1.63. The molecule has 158 valence electrons. The van der Waals surface area contributed by atoms with Crippen LogP contribution in [0.5, 0.6) is 0 Å². The Bertz CT molecular complexity index is 1260. The molecular formula is C24H19ClFNO4. The molecule has 0 spiro atoms. The van der Waals surface area contributed by atoms with E-state index in [1.54, 1.807) is 44.2 Å². The zero-order valence-electron chi connectivity index (χ0n) is 17.1. The Morgan fingerprint density at radius 1 is 1.03 bits per heavy atom. The summed E-state index contributed by atoms with van der Waals surface area (Å²) in [4.78, 5) is 27.3. The van der Waals surface area contributed by atoms with Gasteiger partial charge in [-0.25, -0.2) is 4.39 Å². The molecule has 3 aromatic rings. The van der Waals surface area contributed by atoms with E-state index < -0.39 is 29.3 Å². The lowest BCUT2D eigenvalue weighted by atomic mass is 9.98. The number of ketones is 1. The van der Waals surface area contributed by atoms with Gasteiger partial charge in [-0.05, 0) is 74.4 Å². The van der Waals surface area contributed by atoms with E-state index in [0.29, 0.717) is 27.8 Å². The second kappa shape index (κ2) is 7.71. The highest BCUT2D eigenvalue weighted by Crippen LogP contribution is 2.43.